The van der Waals surface area contributed by atoms with E-state index in [0.717, 1.165) is 5.57 Å². The second kappa shape index (κ2) is 4.54. The number of carbonyl (C=O) groups is 1. The smallest absolute Gasteiger partial charge is 0.274 e. The minimum absolute atomic E-state index is 0.221. The molecule has 0 atom stereocenters. The van der Waals surface area contributed by atoms with Gasteiger partial charge in [-0.3, -0.25) is 9.59 Å². The molecule has 1 aromatic heterocycles. The van der Waals surface area contributed by atoms with Gasteiger partial charge in [-0.25, -0.2) is 5.10 Å². The summed E-state index contributed by atoms with van der Waals surface area (Å²) >= 11 is 0. The molecule has 0 unspecified atom stereocenters. The van der Waals surface area contributed by atoms with Crippen LogP contribution in [-0.2, 0) is 0 Å². The minimum Gasteiger partial charge on any atom is -0.336 e. The SMILES string of the molecule is C=C(C)CN(C)C(=O)c1ccc(=O)[nH]n1. The number of aromatic nitrogens is 2. The number of aromatic amines is 1. The first kappa shape index (κ1) is 11.2. The number of hydrogen-bond acceptors (Lipinski definition) is 3. The summed E-state index contributed by atoms with van der Waals surface area (Å²) in [5, 5.41) is 5.86. The lowest BCUT2D eigenvalue weighted by molar-refractivity contribution is 0.0800. The van der Waals surface area contributed by atoms with Crippen LogP contribution in [0.3, 0.4) is 0 Å². The Bertz CT molecular complexity index is 416. The van der Waals surface area contributed by atoms with Gasteiger partial charge >= 0.3 is 0 Å². The van der Waals surface area contributed by atoms with Crippen molar-refractivity contribution in [2.24, 2.45) is 0 Å². The normalized spacial score (nSPS) is 9.73. The van der Waals surface area contributed by atoms with E-state index in [4.69, 9.17) is 0 Å². The lowest BCUT2D eigenvalue weighted by atomic mass is 10.3. The van der Waals surface area contributed by atoms with E-state index in [2.05, 4.69) is 16.8 Å². The van der Waals surface area contributed by atoms with Crippen molar-refractivity contribution < 1.29 is 4.79 Å². The lowest BCUT2D eigenvalue weighted by Crippen LogP contribution is -2.29. The molecular formula is C10H13N3O2. The van der Waals surface area contributed by atoms with Gasteiger partial charge in [0.05, 0.1) is 0 Å². The summed E-state index contributed by atoms with van der Waals surface area (Å²) < 4.78 is 0. The topological polar surface area (TPSA) is 66.1 Å². The molecule has 0 fully saturated rings. The van der Waals surface area contributed by atoms with Crippen molar-refractivity contribution in [2.75, 3.05) is 13.6 Å². The highest BCUT2D eigenvalue weighted by Gasteiger charge is 2.12. The molecule has 15 heavy (non-hydrogen) atoms. The molecule has 0 aliphatic carbocycles. The molecule has 0 aliphatic heterocycles. The van der Waals surface area contributed by atoms with Crippen molar-refractivity contribution in [2.45, 2.75) is 6.92 Å². The largest absolute Gasteiger partial charge is 0.336 e. The van der Waals surface area contributed by atoms with Crippen LogP contribution >= 0.6 is 0 Å². The zero-order chi connectivity index (χ0) is 11.4. The van der Waals surface area contributed by atoms with E-state index in [9.17, 15) is 9.59 Å². The summed E-state index contributed by atoms with van der Waals surface area (Å²) in [5.41, 5.74) is 0.780. The van der Waals surface area contributed by atoms with Crippen molar-refractivity contribution in [1.82, 2.24) is 15.1 Å². The maximum Gasteiger partial charge on any atom is 0.274 e. The van der Waals surface area contributed by atoms with Crippen molar-refractivity contribution >= 4 is 5.91 Å². The monoisotopic (exact) mass is 207 g/mol. The van der Waals surface area contributed by atoms with Crippen LogP contribution in [0.2, 0.25) is 0 Å². The molecule has 1 amide bonds. The molecule has 0 spiro atoms. The maximum atomic E-state index is 11.7. The molecule has 1 aromatic rings. The van der Waals surface area contributed by atoms with Gasteiger partial charge in [-0.05, 0) is 13.0 Å². The molecule has 5 heteroatoms. The first-order chi connectivity index (χ1) is 7.00. The molecule has 5 nitrogen and oxygen atoms in total. The number of H-pyrrole nitrogens is 1. The molecule has 80 valence electrons. The third kappa shape index (κ3) is 3.05. The molecule has 0 saturated carbocycles. The molecule has 0 radical (unpaired) electrons. The van der Waals surface area contributed by atoms with Gasteiger partial charge in [-0.1, -0.05) is 12.2 Å². The Morgan fingerprint density at radius 2 is 2.27 bits per heavy atom. The van der Waals surface area contributed by atoms with E-state index in [1.165, 1.54) is 17.0 Å². The Hall–Kier alpha value is -1.91. The number of nitrogens with zero attached hydrogens (tertiary/aromatic N) is 2. The lowest BCUT2D eigenvalue weighted by Gasteiger charge is -2.15. The van der Waals surface area contributed by atoms with Gasteiger partial charge in [0.2, 0.25) is 0 Å². The van der Waals surface area contributed by atoms with Crippen molar-refractivity contribution in [3.05, 3.63) is 40.3 Å². The molecule has 0 aromatic carbocycles. The Balaban J connectivity index is 2.80. The predicted molar refractivity (Wildman–Crippen MR) is 56.6 cm³/mol. The third-order valence-electron chi connectivity index (χ3n) is 1.75. The number of amides is 1. The van der Waals surface area contributed by atoms with E-state index in [1.54, 1.807) is 7.05 Å². The summed E-state index contributed by atoms with van der Waals surface area (Å²) in [5.74, 6) is -0.241. The van der Waals surface area contributed by atoms with Crippen LogP contribution in [0.5, 0.6) is 0 Å². The van der Waals surface area contributed by atoms with Crippen molar-refractivity contribution in [3.8, 4) is 0 Å². The quantitative estimate of drug-likeness (QED) is 0.730. The average molecular weight is 207 g/mol. The first-order valence-electron chi connectivity index (χ1n) is 4.46. The van der Waals surface area contributed by atoms with Gasteiger partial charge in [0, 0.05) is 19.7 Å². The predicted octanol–water partition coefficient (Wildman–Crippen LogP) is 0.418. The molecule has 1 N–H and O–H groups in total. The van der Waals surface area contributed by atoms with Gasteiger partial charge < -0.3 is 4.90 Å². The Labute approximate surface area is 87.4 Å². The van der Waals surface area contributed by atoms with E-state index in [-0.39, 0.29) is 17.2 Å². The Morgan fingerprint density at radius 1 is 1.60 bits per heavy atom. The first-order valence-corrected chi connectivity index (χ1v) is 4.46. The molecule has 0 saturated heterocycles. The van der Waals surface area contributed by atoms with Crippen molar-refractivity contribution in [3.63, 3.8) is 0 Å². The molecule has 1 heterocycles. The fourth-order valence-electron chi connectivity index (χ4n) is 1.14. The summed E-state index contributed by atoms with van der Waals surface area (Å²) in [7, 11) is 1.66. The number of hydrogen-bond donors (Lipinski definition) is 1. The van der Waals surface area contributed by atoms with Crippen LogP contribution in [0.4, 0.5) is 0 Å². The second-order valence-electron chi connectivity index (χ2n) is 3.42. The van der Waals surface area contributed by atoms with Crippen LogP contribution in [0.25, 0.3) is 0 Å². The highest BCUT2D eigenvalue weighted by Crippen LogP contribution is 1.99. The Kier molecular flexibility index (Phi) is 3.38. The number of carbonyl (C=O) groups excluding carboxylic acids is 1. The van der Waals surface area contributed by atoms with E-state index in [0.29, 0.717) is 6.54 Å². The standard InChI is InChI=1S/C10H13N3O2/c1-7(2)6-13(3)10(15)8-4-5-9(14)12-11-8/h4-5H,1,6H2,2-3H3,(H,12,14). The zero-order valence-electron chi connectivity index (χ0n) is 8.78. The second-order valence-corrected chi connectivity index (χ2v) is 3.42. The molecule has 0 bridgehead atoms. The third-order valence-corrected chi connectivity index (χ3v) is 1.75. The van der Waals surface area contributed by atoms with Crippen LogP contribution in [-0.4, -0.2) is 34.6 Å². The fourth-order valence-corrected chi connectivity index (χ4v) is 1.14. The van der Waals surface area contributed by atoms with Crippen molar-refractivity contribution in [1.29, 1.82) is 0 Å². The number of likely N-dealkylation sites (N-methyl/N-ethyl adjacent to an activating group) is 1. The maximum absolute atomic E-state index is 11.7. The Morgan fingerprint density at radius 3 is 2.73 bits per heavy atom. The highest BCUT2D eigenvalue weighted by molar-refractivity contribution is 5.92. The average Bonchev–Trinajstić information content (AvgIpc) is 2.17. The fraction of sp³-hybridized carbons (Fsp3) is 0.300. The molecule has 1 rings (SSSR count). The van der Waals surface area contributed by atoms with E-state index >= 15 is 0 Å². The van der Waals surface area contributed by atoms with Gasteiger partial charge in [0.25, 0.3) is 11.5 Å². The summed E-state index contributed by atoms with van der Waals surface area (Å²) in [6.07, 6.45) is 0. The van der Waals surface area contributed by atoms with Gasteiger partial charge in [0.15, 0.2) is 0 Å². The summed E-state index contributed by atoms with van der Waals surface area (Å²) in [6, 6.07) is 2.67. The highest BCUT2D eigenvalue weighted by atomic mass is 16.2. The number of nitrogens with one attached hydrogen (secondary N) is 1. The van der Waals surface area contributed by atoms with E-state index < -0.39 is 0 Å². The molecular weight excluding hydrogens is 194 g/mol. The zero-order valence-corrected chi connectivity index (χ0v) is 8.78. The van der Waals surface area contributed by atoms with Crippen LogP contribution in [0.1, 0.15) is 17.4 Å². The van der Waals surface area contributed by atoms with E-state index in [1.807, 2.05) is 6.92 Å². The van der Waals surface area contributed by atoms with Crippen LogP contribution in [0, 0.1) is 0 Å². The van der Waals surface area contributed by atoms with Crippen LogP contribution < -0.4 is 5.56 Å². The van der Waals surface area contributed by atoms with Gasteiger partial charge in [-0.2, -0.15) is 5.10 Å². The minimum atomic E-state index is -0.325. The van der Waals surface area contributed by atoms with Gasteiger partial charge in [-0.15, -0.1) is 0 Å². The molecule has 0 aliphatic rings. The van der Waals surface area contributed by atoms with Crippen LogP contribution in [0.15, 0.2) is 29.1 Å². The van der Waals surface area contributed by atoms with Gasteiger partial charge in [0.1, 0.15) is 5.69 Å². The number of rotatable bonds is 3. The summed E-state index contributed by atoms with van der Waals surface area (Å²) in [6.45, 7) is 6.02. The summed E-state index contributed by atoms with van der Waals surface area (Å²) in [4.78, 5) is 23.9.